The average Bonchev–Trinajstić information content (AvgIpc) is 2.64. The highest BCUT2D eigenvalue weighted by Gasteiger charge is 2.23. The third-order valence-electron chi connectivity index (χ3n) is 6.42. The number of aryl methyl sites for hydroxylation is 1. The molecule has 140 valence electrons. The van der Waals surface area contributed by atoms with Crippen molar-refractivity contribution in [2.75, 3.05) is 29.9 Å². The van der Waals surface area contributed by atoms with Crippen molar-refractivity contribution in [3.8, 4) is 0 Å². The molecule has 2 heterocycles. The summed E-state index contributed by atoms with van der Waals surface area (Å²) in [6, 6.07) is 5.02. The Morgan fingerprint density at radius 3 is 2.36 bits per heavy atom. The van der Waals surface area contributed by atoms with E-state index in [0.717, 1.165) is 48.9 Å². The van der Waals surface area contributed by atoms with Gasteiger partial charge in [-0.05, 0) is 81.9 Å². The van der Waals surface area contributed by atoms with Gasteiger partial charge in [-0.15, -0.1) is 0 Å². The molecule has 1 saturated carbocycles. The van der Waals surface area contributed by atoms with Crippen LogP contribution in [0.3, 0.4) is 0 Å². The molecule has 2 fully saturated rings. The van der Waals surface area contributed by atoms with Gasteiger partial charge in [0.25, 0.3) is 0 Å². The van der Waals surface area contributed by atoms with Crippen LogP contribution >= 0.6 is 0 Å². The van der Waals surface area contributed by atoms with Crippen molar-refractivity contribution in [2.45, 2.75) is 65.3 Å². The maximum atomic E-state index is 5.80. The molecular weight excluding hydrogens is 308 g/mol. The molecule has 2 aliphatic rings. The summed E-state index contributed by atoms with van der Waals surface area (Å²) in [7, 11) is 0. The van der Waals surface area contributed by atoms with Crippen LogP contribution in [0.5, 0.6) is 0 Å². The van der Waals surface area contributed by atoms with Crippen molar-refractivity contribution in [3.05, 3.63) is 17.8 Å². The fraction of sp³-hybridized carbons (Fsp3) is 0.762. The smallest absolute Gasteiger partial charge is 0.128 e. The quantitative estimate of drug-likeness (QED) is 0.841. The Morgan fingerprint density at radius 2 is 1.80 bits per heavy atom. The second kappa shape index (κ2) is 8.39. The first-order valence-electron chi connectivity index (χ1n) is 10.3. The van der Waals surface area contributed by atoms with E-state index in [9.17, 15) is 0 Å². The van der Waals surface area contributed by atoms with Gasteiger partial charge in [0.1, 0.15) is 5.82 Å². The molecule has 0 atom stereocenters. The normalized spacial score (nSPS) is 25.4. The number of anilines is 2. The average molecular weight is 345 g/mol. The van der Waals surface area contributed by atoms with Crippen LogP contribution in [-0.2, 0) is 0 Å². The molecule has 3 rings (SSSR count). The molecule has 1 aromatic heterocycles. The lowest BCUT2D eigenvalue weighted by molar-refractivity contribution is 0.310. The molecule has 1 aliphatic carbocycles. The van der Waals surface area contributed by atoms with Crippen LogP contribution in [0.1, 0.15) is 58.1 Å². The van der Waals surface area contributed by atoms with Crippen LogP contribution in [0.25, 0.3) is 0 Å². The highest BCUT2D eigenvalue weighted by Crippen LogP contribution is 2.30. The zero-order valence-corrected chi connectivity index (χ0v) is 16.3. The zero-order chi connectivity index (χ0) is 17.8. The number of aromatic nitrogens is 1. The lowest BCUT2D eigenvalue weighted by atomic mass is 9.86. The van der Waals surface area contributed by atoms with Gasteiger partial charge in [-0.25, -0.2) is 4.98 Å². The number of piperidine rings is 1. The van der Waals surface area contributed by atoms with Gasteiger partial charge in [-0.3, -0.25) is 0 Å². The largest absolute Gasteiger partial charge is 0.381 e. The Kier molecular flexibility index (Phi) is 6.21. The van der Waals surface area contributed by atoms with E-state index in [-0.39, 0.29) is 0 Å². The van der Waals surface area contributed by atoms with E-state index in [1.807, 2.05) is 0 Å². The molecule has 1 saturated heterocycles. The lowest BCUT2D eigenvalue weighted by Gasteiger charge is -2.35. The molecule has 0 bridgehead atoms. The third kappa shape index (κ3) is 4.66. The molecule has 0 unspecified atom stereocenters. The summed E-state index contributed by atoms with van der Waals surface area (Å²) < 4.78 is 0. The van der Waals surface area contributed by atoms with E-state index >= 15 is 0 Å². The first-order chi connectivity index (χ1) is 12.1. The second-order valence-corrected chi connectivity index (χ2v) is 8.47. The first kappa shape index (κ1) is 18.5. The Bertz CT molecular complexity index is 541. The SMILES string of the molecule is Cc1nc(N2CCC(C(C)C)CC2)ccc1NC1CCC(CN)CC1. The van der Waals surface area contributed by atoms with Crippen molar-refractivity contribution in [2.24, 2.45) is 23.5 Å². The van der Waals surface area contributed by atoms with Crippen LogP contribution in [0, 0.1) is 24.7 Å². The summed E-state index contributed by atoms with van der Waals surface area (Å²) in [4.78, 5) is 7.37. The van der Waals surface area contributed by atoms with E-state index in [1.54, 1.807) is 0 Å². The number of hydrogen-bond donors (Lipinski definition) is 2. The van der Waals surface area contributed by atoms with Crippen LogP contribution in [0.15, 0.2) is 12.1 Å². The highest BCUT2D eigenvalue weighted by molar-refractivity contribution is 5.54. The predicted octanol–water partition coefficient (Wildman–Crippen LogP) is 4.19. The molecule has 25 heavy (non-hydrogen) atoms. The van der Waals surface area contributed by atoms with Gasteiger partial charge in [0.05, 0.1) is 11.4 Å². The monoisotopic (exact) mass is 344 g/mol. The molecule has 1 aliphatic heterocycles. The van der Waals surface area contributed by atoms with Gasteiger partial charge >= 0.3 is 0 Å². The van der Waals surface area contributed by atoms with E-state index in [4.69, 9.17) is 10.7 Å². The van der Waals surface area contributed by atoms with Crippen molar-refractivity contribution >= 4 is 11.5 Å². The Labute approximate surface area is 153 Å². The van der Waals surface area contributed by atoms with Gasteiger partial charge in [-0.1, -0.05) is 13.8 Å². The third-order valence-corrected chi connectivity index (χ3v) is 6.42. The summed E-state index contributed by atoms with van der Waals surface area (Å²) in [5.74, 6) is 3.56. The minimum absolute atomic E-state index is 0.580. The van der Waals surface area contributed by atoms with E-state index in [1.165, 1.54) is 44.2 Å². The summed E-state index contributed by atoms with van der Waals surface area (Å²) in [5, 5.41) is 3.72. The lowest BCUT2D eigenvalue weighted by Crippen LogP contribution is -2.35. The van der Waals surface area contributed by atoms with Crippen LogP contribution in [0.2, 0.25) is 0 Å². The van der Waals surface area contributed by atoms with Crippen LogP contribution < -0.4 is 16.0 Å². The van der Waals surface area contributed by atoms with Crippen LogP contribution in [-0.4, -0.2) is 30.7 Å². The Morgan fingerprint density at radius 1 is 1.12 bits per heavy atom. The van der Waals surface area contributed by atoms with Gasteiger partial charge in [0, 0.05) is 19.1 Å². The second-order valence-electron chi connectivity index (χ2n) is 8.47. The molecule has 0 radical (unpaired) electrons. The first-order valence-corrected chi connectivity index (χ1v) is 10.3. The van der Waals surface area contributed by atoms with Gasteiger partial charge in [-0.2, -0.15) is 0 Å². The number of rotatable bonds is 5. The molecule has 3 N–H and O–H groups in total. The number of nitrogens with one attached hydrogen (secondary N) is 1. The minimum Gasteiger partial charge on any atom is -0.381 e. The van der Waals surface area contributed by atoms with Crippen molar-refractivity contribution in [1.82, 2.24) is 4.98 Å². The highest BCUT2D eigenvalue weighted by atomic mass is 15.2. The number of nitrogens with zero attached hydrogens (tertiary/aromatic N) is 2. The maximum Gasteiger partial charge on any atom is 0.128 e. The van der Waals surface area contributed by atoms with Crippen molar-refractivity contribution in [3.63, 3.8) is 0 Å². The molecule has 0 amide bonds. The zero-order valence-electron chi connectivity index (χ0n) is 16.3. The fourth-order valence-corrected chi connectivity index (χ4v) is 4.43. The number of pyridine rings is 1. The minimum atomic E-state index is 0.580. The van der Waals surface area contributed by atoms with E-state index < -0.39 is 0 Å². The van der Waals surface area contributed by atoms with Crippen molar-refractivity contribution < 1.29 is 0 Å². The Hall–Kier alpha value is -1.29. The van der Waals surface area contributed by atoms with Gasteiger partial charge in [0.15, 0.2) is 0 Å². The predicted molar refractivity (Wildman–Crippen MR) is 107 cm³/mol. The van der Waals surface area contributed by atoms with Gasteiger partial charge in [0.2, 0.25) is 0 Å². The topological polar surface area (TPSA) is 54.2 Å². The molecule has 4 heteroatoms. The molecule has 0 spiro atoms. The molecule has 1 aromatic rings. The van der Waals surface area contributed by atoms with Crippen LogP contribution in [0.4, 0.5) is 11.5 Å². The fourth-order valence-electron chi connectivity index (χ4n) is 4.43. The number of hydrogen-bond acceptors (Lipinski definition) is 4. The summed E-state index contributed by atoms with van der Waals surface area (Å²) in [6.07, 6.45) is 7.55. The number of nitrogens with two attached hydrogens (primary N) is 1. The summed E-state index contributed by atoms with van der Waals surface area (Å²) >= 11 is 0. The summed E-state index contributed by atoms with van der Waals surface area (Å²) in [5.41, 5.74) is 8.14. The maximum absolute atomic E-state index is 5.80. The van der Waals surface area contributed by atoms with E-state index in [2.05, 4.69) is 43.1 Å². The Balaban J connectivity index is 1.56. The molecule has 4 nitrogen and oxygen atoms in total. The molecule has 0 aromatic carbocycles. The van der Waals surface area contributed by atoms with Crippen molar-refractivity contribution in [1.29, 1.82) is 0 Å². The standard InChI is InChI=1S/C21H36N4/c1-15(2)18-10-12-25(13-11-18)21-9-8-20(16(3)23-21)24-19-6-4-17(14-22)5-7-19/h8-9,15,17-19,24H,4-7,10-14,22H2,1-3H3. The van der Waals surface area contributed by atoms with Gasteiger partial charge < -0.3 is 16.0 Å². The molecular formula is C21H36N4. The van der Waals surface area contributed by atoms with E-state index in [0.29, 0.717) is 6.04 Å². The summed E-state index contributed by atoms with van der Waals surface area (Å²) in [6.45, 7) is 9.97.